The van der Waals surface area contributed by atoms with Gasteiger partial charge in [0.05, 0.1) is 0 Å². The molecule has 0 aliphatic heterocycles. The lowest BCUT2D eigenvalue weighted by molar-refractivity contribution is 0.135. The fourth-order valence-electron chi connectivity index (χ4n) is 1.22. The average Bonchev–Trinajstić information content (AvgIpc) is 2.33. The van der Waals surface area contributed by atoms with Gasteiger partial charge in [-0.15, -0.1) is 0 Å². The van der Waals surface area contributed by atoms with Crippen LogP contribution in [0.3, 0.4) is 0 Å². The number of carbonyl (C=O) groups is 2. The summed E-state index contributed by atoms with van der Waals surface area (Å²) in [5.74, 6) is 1.81. The molecular weight excluding hydrogens is 288 g/mol. The van der Waals surface area contributed by atoms with Gasteiger partial charge < -0.3 is 20.4 Å². The maximum atomic E-state index is 8.56. The van der Waals surface area contributed by atoms with Gasteiger partial charge in [0, 0.05) is 0 Å². The molecular formula is C16H36O6. The van der Waals surface area contributed by atoms with Crippen LogP contribution in [0, 0.1) is 11.8 Å². The van der Waals surface area contributed by atoms with Crippen LogP contribution in [-0.2, 0) is 0 Å². The summed E-state index contributed by atoms with van der Waals surface area (Å²) in [6, 6.07) is 0. The van der Waals surface area contributed by atoms with Crippen LogP contribution in [0.4, 0.5) is 9.59 Å². The van der Waals surface area contributed by atoms with Crippen LogP contribution in [0.5, 0.6) is 0 Å². The van der Waals surface area contributed by atoms with E-state index >= 15 is 0 Å². The number of hydrogen-bond acceptors (Lipinski definition) is 2. The summed E-state index contributed by atoms with van der Waals surface area (Å²) in [7, 11) is 0. The first kappa shape index (κ1) is 28.7. The van der Waals surface area contributed by atoms with Gasteiger partial charge in [0.15, 0.2) is 0 Å². The Balaban J connectivity index is -0.000000102. The van der Waals surface area contributed by atoms with E-state index in [-0.39, 0.29) is 0 Å². The molecule has 0 aliphatic rings. The lowest BCUT2D eigenvalue weighted by Gasteiger charge is -1.98. The molecule has 0 aromatic rings. The van der Waals surface area contributed by atoms with Crippen LogP contribution < -0.4 is 0 Å². The fourth-order valence-corrected chi connectivity index (χ4v) is 1.22. The quantitative estimate of drug-likeness (QED) is 0.468. The predicted molar refractivity (Wildman–Crippen MR) is 90.0 cm³/mol. The zero-order valence-corrected chi connectivity index (χ0v) is 15.0. The van der Waals surface area contributed by atoms with Crippen molar-refractivity contribution in [2.24, 2.45) is 11.8 Å². The van der Waals surface area contributed by atoms with E-state index in [9.17, 15) is 0 Å². The Morgan fingerprint density at radius 3 is 0.909 bits per heavy atom. The molecule has 6 nitrogen and oxygen atoms in total. The van der Waals surface area contributed by atoms with Crippen molar-refractivity contribution < 1.29 is 30.0 Å². The highest BCUT2D eigenvalue weighted by Crippen LogP contribution is 2.04. The molecule has 0 saturated heterocycles. The molecule has 4 N–H and O–H groups in total. The van der Waals surface area contributed by atoms with Gasteiger partial charge in [-0.2, -0.15) is 0 Å². The molecule has 0 unspecified atom stereocenters. The van der Waals surface area contributed by atoms with Crippen molar-refractivity contribution in [2.45, 2.75) is 80.1 Å². The first-order chi connectivity index (χ1) is 10.0. The van der Waals surface area contributed by atoms with E-state index in [1.807, 2.05) is 0 Å². The molecule has 0 bridgehead atoms. The zero-order valence-electron chi connectivity index (χ0n) is 15.0. The second kappa shape index (κ2) is 24.6. The molecule has 0 aromatic carbocycles. The smallest absolute Gasteiger partial charge is 0.450 e. The summed E-state index contributed by atoms with van der Waals surface area (Å²) in [4.78, 5) is 17.1. The van der Waals surface area contributed by atoms with E-state index < -0.39 is 12.3 Å². The Labute approximate surface area is 135 Å². The van der Waals surface area contributed by atoms with Crippen LogP contribution in [0.1, 0.15) is 80.1 Å². The van der Waals surface area contributed by atoms with E-state index in [2.05, 4.69) is 41.5 Å². The molecule has 0 rings (SSSR count). The third-order valence-corrected chi connectivity index (χ3v) is 2.27. The van der Waals surface area contributed by atoms with Gasteiger partial charge >= 0.3 is 12.3 Å². The first-order valence-corrected chi connectivity index (χ1v) is 7.84. The maximum Gasteiger partial charge on any atom is 0.503 e. The topological polar surface area (TPSA) is 115 Å². The number of rotatable bonds is 6. The van der Waals surface area contributed by atoms with Gasteiger partial charge in [-0.3, -0.25) is 0 Å². The molecule has 22 heavy (non-hydrogen) atoms. The van der Waals surface area contributed by atoms with Crippen molar-refractivity contribution in [3.63, 3.8) is 0 Å². The van der Waals surface area contributed by atoms with Crippen LogP contribution in [0.25, 0.3) is 0 Å². The SMILES string of the molecule is CCCCC(C)C.CCCCC(C)C.O=C(O)O.O=C(O)O. The summed E-state index contributed by atoms with van der Waals surface area (Å²) < 4.78 is 0. The van der Waals surface area contributed by atoms with Gasteiger partial charge in [-0.25, -0.2) is 9.59 Å². The maximum absolute atomic E-state index is 8.56. The third kappa shape index (κ3) is 133. The lowest BCUT2D eigenvalue weighted by atomic mass is 10.1. The summed E-state index contributed by atoms with van der Waals surface area (Å²) >= 11 is 0. The molecule has 0 heterocycles. The van der Waals surface area contributed by atoms with E-state index in [0.717, 1.165) is 11.8 Å². The molecule has 0 radical (unpaired) electrons. The van der Waals surface area contributed by atoms with Crippen molar-refractivity contribution in [2.75, 3.05) is 0 Å². The Bertz CT molecular complexity index is 195. The lowest BCUT2D eigenvalue weighted by Crippen LogP contribution is -1.83. The molecule has 0 spiro atoms. The summed E-state index contributed by atoms with van der Waals surface area (Å²) in [5, 5.41) is 27.9. The molecule has 6 heteroatoms. The molecule has 0 aliphatic carbocycles. The van der Waals surface area contributed by atoms with Crippen LogP contribution in [-0.4, -0.2) is 32.7 Å². The van der Waals surface area contributed by atoms with Crippen molar-refractivity contribution in [3.05, 3.63) is 0 Å². The van der Waals surface area contributed by atoms with Crippen molar-refractivity contribution in [3.8, 4) is 0 Å². The van der Waals surface area contributed by atoms with Gasteiger partial charge in [0.1, 0.15) is 0 Å². The van der Waals surface area contributed by atoms with Crippen molar-refractivity contribution in [1.82, 2.24) is 0 Å². The Hall–Kier alpha value is -1.46. The van der Waals surface area contributed by atoms with Crippen molar-refractivity contribution >= 4 is 12.3 Å². The summed E-state index contributed by atoms with van der Waals surface area (Å²) in [6.45, 7) is 13.6. The van der Waals surface area contributed by atoms with Crippen molar-refractivity contribution in [1.29, 1.82) is 0 Å². The molecule has 0 fully saturated rings. The average molecular weight is 324 g/mol. The standard InChI is InChI=1S/2C7H16.2CH2O3/c2*1-4-5-6-7(2)3;2*2-1(3)4/h2*7H,4-6H2,1-3H3;2*(H2,2,3,4). The molecule has 0 saturated carbocycles. The highest BCUT2D eigenvalue weighted by atomic mass is 16.6. The van der Waals surface area contributed by atoms with E-state index in [1.54, 1.807) is 0 Å². The van der Waals surface area contributed by atoms with Gasteiger partial charge in [0.2, 0.25) is 0 Å². The Morgan fingerprint density at radius 2 is 0.864 bits per heavy atom. The van der Waals surface area contributed by atoms with E-state index in [1.165, 1.54) is 38.5 Å². The van der Waals surface area contributed by atoms with Gasteiger partial charge in [-0.1, -0.05) is 80.1 Å². The zero-order chi connectivity index (χ0) is 18.6. The molecule has 0 amide bonds. The molecule has 0 atom stereocenters. The predicted octanol–water partition coefficient (Wildman–Crippen LogP) is 6.11. The fraction of sp³-hybridized carbons (Fsp3) is 0.875. The van der Waals surface area contributed by atoms with Crippen LogP contribution >= 0.6 is 0 Å². The molecule has 136 valence electrons. The first-order valence-electron chi connectivity index (χ1n) is 7.84. The third-order valence-electron chi connectivity index (χ3n) is 2.27. The van der Waals surface area contributed by atoms with Crippen LogP contribution in [0.15, 0.2) is 0 Å². The Kier molecular flexibility index (Phi) is 32.0. The number of hydrogen-bond donors (Lipinski definition) is 4. The van der Waals surface area contributed by atoms with Gasteiger partial charge in [-0.05, 0) is 11.8 Å². The molecule has 0 aromatic heterocycles. The minimum absolute atomic E-state index is 0.903. The summed E-state index contributed by atoms with van der Waals surface area (Å²) in [5.41, 5.74) is 0. The van der Waals surface area contributed by atoms with Crippen LogP contribution in [0.2, 0.25) is 0 Å². The normalized spacial score (nSPS) is 8.73. The second-order valence-corrected chi connectivity index (χ2v) is 5.64. The number of unbranched alkanes of at least 4 members (excludes halogenated alkanes) is 2. The Morgan fingerprint density at radius 1 is 0.682 bits per heavy atom. The minimum Gasteiger partial charge on any atom is -0.450 e. The number of carboxylic acid groups (broad SMARTS) is 4. The largest absolute Gasteiger partial charge is 0.503 e. The highest BCUT2D eigenvalue weighted by Gasteiger charge is 1.89. The summed E-state index contributed by atoms with van der Waals surface area (Å²) in [6.07, 6.45) is 4.62. The van der Waals surface area contributed by atoms with Gasteiger partial charge in [0.25, 0.3) is 0 Å². The second-order valence-electron chi connectivity index (χ2n) is 5.64. The van der Waals surface area contributed by atoms with E-state index in [4.69, 9.17) is 30.0 Å². The highest BCUT2D eigenvalue weighted by molar-refractivity contribution is 5.53. The van der Waals surface area contributed by atoms with E-state index in [0.29, 0.717) is 0 Å². The minimum atomic E-state index is -1.83. The monoisotopic (exact) mass is 324 g/mol.